The van der Waals surface area contributed by atoms with Crippen molar-refractivity contribution in [3.63, 3.8) is 0 Å². The van der Waals surface area contributed by atoms with Crippen molar-refractivity contribution in [2.45, 2.75) is 24.7 Å². The zero-order valence-corrected chi connectivity index (χ0v) is 12.9. The van der Waals surface area contributed by atoms with E-state index in [2.05, 4.69) is 0 Å². The number of halogens is 4. The lowest BCUT2D eigenvalue weighted by Gasteiger charge is -2.41. The second kappa shape index (κ2) is 6.85. The van der Waals surface area contributed by atoms with Crippen LogP contribution in [0.3, 0.4) is 0 Å². The van der Waals surface area contributed by atoms with Crippen LogP contribution in [-0.4, -0.2) is 44.2 Å². The number of nitrogens with zero attached hydrogens (tertiary/aromatic N) is 2. The number of likely N-dealkylation sites (N-methyl/N-ethyl adjacent to an activating group) is 1. The molecule has 1 aromatic carbocycles. The highest BCUT2D eigenvalue weighted by atomic mass is 35.5. The maximum Gasteiger partial charge on any atom is 0.416 e. The van der Waals surface area contributed by atoms with Gasteiger partial charge in [0.2, 0.25) is 0 Å². The lowest BCUT2D eigenvalue weighted by Crippen LogP contribution is -2.56. The Hall–Kier alpha value is -0.980. The van der Waals surface area contributed by atoms with Crippen LogP contribution in [0.5, 0.6) is 0 Å². The maximum absolute atomic E-state index is 12.8. The summed E-state index contributed by atoms with van der Waals surface area (Å²) in [5, 5.41) is 0. The molecule has 1 heterocycles. The highest BCUT2D eigenvalue weighted by Crippen LogP contribution is 2.32. The van der Waals surface area contributed by atoms with Gasteiger partial charge in [-0.15, -0.1) is 12.4 Å². The highest BCUT2D eigenvalue weighted by molar-refractivity contribution is 5.85. The van der Waals surface area contributed by atoms with Gasteiger partial charge in [0.05, 0.1) is 5.56 Å². The van der Waals surface area contributed by atoms with Crippen LogP contribution >= 0.6 is 12.4 Å². The standard InChI is InChI=1S/C14H20F3N3.ClH/c1-19(2)13-9-20(7-6-12(13)18)11-5-3-4-10(8-11)14(15,16)17;/h3-5,8,12-13H,6-7,9,18H2,1-2H3;1H/t12-,13-;/m0./s1. The van der Waals surface area contributed by atoms with Crippen molar-refractivity contribution in [2.75, 3.05) is 32.1 Å². The molecule has 0 bridgehead atoms. The van der Waals surface area contributed by atoms with Gasteiger partial charge in [-0.05, 0) is 38.7 Å². The number of piperidine rings is 1. The Balaban J connectivity index is 0.00000220. The average Bonchev–Trinajstić information content (AvgIpc) is 2.38. The lowest BCUT2D eigenvalue weighted by molar-refractivity contribution is -0.137. The van der Waals surface area contributed by atoms with Gasteiger partial charge in [0.25, 0.3) is 0 Å². The van der Waals surface area contributed by atoms with Gasteiger partial charge in [0, 0.05) is 30.9 Å². The summed E-state index contributed by atoms with van der Waals surface area (Å²) >= 11 is 0. The fourth-order valence-corrected chi connectivity index (χ4v) is 2.61. The third-order valence-corrected chi connectivity index (χ3v) is 3.84. The summed E-state index contributed by atoms with van der Waals surface area (Å²) < 4.78 is 38.3. The molecule has 1 aliphatic heterocycles. The maximum atomic E-state index is 12.8. The van der Waals surface area contributed by atoms with E-state index >= 15 is 0 Å². The monoisotopic (exact) mass is 323 g/mol. The van der Waals surface area contributed by atoms with Crippen molar-refractivity contribution in [2.24, 2.45) is 5.73 Å². The number of anilines is 1. The second-order valence-corrected chi connectivity index (χ2v) is 5.48. The summed E-state index contributed by atoms with van der Waals surface area (Å²) in [6, 6.07) is 5.70. The number of benzene rings is 1. The van der Waals surface area contributed by atoms with Gasteiger partial charge in [-0.2, -0.15) is 13.2 Å². The molecule has 0 unspecified atom stereocenters. The first kappa shape index (κ1) is 18.1. The highest BCUT2D eigenvalue weighted by Gasteiger charge is 2.32. The summed E-state index contributed by atoms with van der Waals surface area (Å²) in [6.45, 7) is 1.34. The van der Waals surface area contributed by atoms with Gasteiger partial charge in [0.1, 0.15) is 0 Å². The van der Waals surface area contributed by atoms with Crippen LogP contribution in [0.25, 0.3) is 0 Å². The summed E-state index contributed by atoms with van der Waals surface area (Å²) in [6.07, 6.45) is -3.53. The van der Waals surface area contributed by atoms with E-state index in [1.165, 1.54) is 12.1 Å². The zero-order chi connectivity index (χ0) is 14.9. The molecule has 0 saturated carbocycles. The Kier molecular flexibility index (Phi) is 5.90. The predicted molar refractivity (Wildman–Crippen MR) is 81.0 cm³/mol. The van der Waals surface area contributed by atoms with E-state index in [0.717, 1.165) is 12.5 Å². The molecular weight excluding hydrogens is 303 g/mol. The average molecular weight is 324 g/mol. The fraction of sp³-hybridized carbons (Fsp3) is 0.571. The summed E-state index contributed by atoms with van der Waals surface area (Å²) in [5.41, 5.74) is 6.08. The van der Waals surface area contributed by atoms with Crippen LogP contribution in [0.2, 0.25) is 0 Å². The van der Waals surface area contributed by atoms with E-state index in [1.807, 2.05) is 23.9 Å². The molecule has 7 heteroatoms. The Labute approximate surface area is 129 Å². The minimum absolute atomic E-state index is 0. The van der Waals surface area contributed by atoms with E-state index in [1.54, 1.807) is 6.07 Å². The normalized spacial score (nSPS) is 23.1. The molecule has 1 saturated heterocycles. The first-order chi connectivity index (χ1) is 9.29. The van der Waals surface area contributed by atoms with Crippen LogP contribution in [0.1, 0.15) is 12.0 Å². The molecule has 0 amide bonds. The van der Waals surface area contributed by atoms with Gasteiger partial charge in [0.15, 0.2) is 0 Å². The number of alkyl halides is 3. The molecule has 120 valence electrons. The smallest absolute Gasteiger partial charge is 0.370 e. The molecule has 1 aromatic rings. The van der Waals surface area contributed by atoms with Gasteiger partial charge < -0.3 is 15.5 Å². The molecule has 1 aliphatic rings. The van der Waals surface area contributed by atoms with Crippen molar-refractivity contribution in [3.05, 3.63) is 29.8 Å². The molecule has 0 radical (unpaired) electrons. The van der Waals surface area contributed by atoms with Crippen LogP contribution in [0, 0.1) is 0 Å². The molecule has 0 spiro atoms. The van der Waals surface area contributed by atoms with E-state index in [9.17, 15) is 13.2 Å². The number of hydrogen-bond acceptors (Lipinski definition) is 3. The largest absolute Gasteiger partial charge is 0.416 e. The van der Waals surface area contributed by atoms with Crippen LogP contribution in [0.15, 0.2) is 24.3 Å². The zero-order valence-electron chi connectivity index (χ0n) is 12.1. The number of rotatable bonds is 2. The van der Waals surface area contributed by atoms with E-state index in [4.69, 9.17) is 5.73 Å². The third kappa shape index (κ3) is 4.25. The summed E-state index contributed by atoms with van der Waals surface area (Å²) in [7, 11) is 3.89. The summed E-state index contributed by atoms with van der Waals surface area (Å²) in [4.78, 5) is 4.01. The molecule has 21 heavy (non-hydrogen) atoms. The van der Waals surface area contributed by atoms with E-state index in [-0.39, 0.29) is 24.5 Å². The van der Waals surface area contributed by atoms with Crippen molar-refractivity contribution in [1.82, 2.24) is 4.90 Å². The van der Waals surface area contributed by atoms with Crippen molar-refractivity contribution in [1.29, 1.82) is 0 Å². The molecule has 3 nitrogen and oxygen atoms in total. The fourth-order valence-electron chi connectivity index (χ4n) is 2.61. The molecule has 0 aliphatic carbocycles. The van der Waals surface area contributed by atoms with Crippen LogP contribution in [0.4, 0.5) is 18.9 Å². The molecule has 2 atom stereocenters. The first-order valence-corrected chi connectivity index (χ1v) is 6.63. The molecular formula is C14H21ClF3N3. The van der Waals surface area contributed by atoms with Crippen molar-refractivity contribution >= 4 is 18.1 Å². The van der Waals surface area contributed by atoms with Gasteiger partial charge in [-0.3, -0.25) is 0 Å². The van der Waals surface area contributed by atoms with Gasteiger partial charge in [-0.1, -0.05) is 6.07 Å². The Morgan fingerprint density at radius 2 is 1.95 bits per heavy atom. The molecule has 0 aromatic heterocycles. The number of hydrogen-bond donors (Lipinski definition) is 1. The van der Waals surface area contributed by atoms with E-state index < -0.39 is 11.7 Å². The first-order valence-electron chi connectivity index (χ1n) is 6.63. The quantitative estimate of drug-likeness (QED) is 0.908. The molecule has 2 N–H and O–H groups in total. The molecule has 1 fully saturated rings. The van der Waals surface area contributed by atoms with E-state index in [0.29, 0.717) is 18.8 Å². The summed E-state index contributed by atoms with van der Waals surface area (Å²) in [5.74, 6) is 0. The Morgan fingerprint density at radius 1 is 1.29 bits per heavy atom. The predicted octanol–water partition coefficient (Wildman–Crippen LogP) is 2.59. The second-order valence-electron chi connectivity index (χ2n) is 5.48. The topological polar surface area (TPSA) is 32.5 Å². The third-order valence-electron chi connectivity index (χ3n) is 3.84. The van der Waals surface area contributed by atoms with Crippen LogP contribution in [-0.2, 0) is 6.18 Å². The molecule has 2 rings (SSSR count). The van der Waals surface area contributed by atoms with Crippen LogP contribution < -0.4 is 10.6 Å². The van der Waals surface area contributed by atoms with Crippen molar-refractivity contribution in [3.8, 4) is 0 Å². The minimum Gasteiger partial charge on any atom is -0.370 e. The Bertz CT molecular complexity index is 465. The van der Waals surface area contributed by atoms with Gasteiger partial charge in [-0.25, -0.2) is 0 Å². The lowest BCUT2D eigenvalue weighted by atomic mass is 9.98. The van der Waals surface area contributed by atoms with Gasteiger partial charge >= 0.3 is 6.18 Å². The van der Waals surface area contributed by atoms with Crippen molar-refractivity contribution < 1.29 is 13.2 Å². The SMILES string of the molecule is CN(C)[C@H]1CN(c2cccc(C(F)(F)F)c2)CC[C@@H]1N.Cl. The number of nitrogens with two attached hydrogens (primary N) is 1. The minimum atomic E-state index is -4.30. The Morgan fingerprint density at radius 3 is 2.52 bits per heavy atom.